The van der Waals surface area contributed by atoms with E-state index in [2.05, 4.69) is 19.2 Å². The number of piperazine rings is 1. The van der Waals surface area contributed by atoms with E-state index in [0.717, 1.165) is 18.5 Å². The van der Waals surface area contributed by atoms with Crippen LogP contribution in [0, 0.1) is 5.92 Å². The van der Waals surface area contributed by atoms with Crippen LogP contribution in [0.1, 0.15) is 25.8 Å². The van der Waals surface area contributed by atoms with Crippen LogP contribution < -0.4 is 5.32 Å². The molecule has 0 radical (unpaired) electrons. The third-order valence-electron chi connectivity index (χ3n) is 3.56. The number of nitrogens with zero attached hydrogens (tertiary/aromatic N) is 1. The molecule has 1 aliphatic rings. The molecule has 1 saturated heterocycles. The van der Waals surface area contributed by atoms with Gasteiger partial charge in [-0.15, -0.1) is 0 Å². The van der Waals surface area contributed by atoms with Crippen LogP contribution in [0.2, 0.25) is 0 Å². The standard InChI is InChI=1S/C15H24N2O2S/c1-13(2)10-15-11-17(9-8-16-15)20(18,19)12-14-6-4-3-5-7-14/h3-7,13,15-16H,8-12H2,1-2H3. The molecule has 1 fully saturated rings. The Labute approximate surface area is 122 Å². The summed E-state index contributed by atoms with van der Waals surface area (Å²) < 4.78 is 26.6. The van der Waals surface area contributed by atoms with Gasteiger partial charge in [0, 0.05) is 25.7 Å². The molecule has 1 aliphatic heterocycles. The average Bonchev–Trinajstić information content (AvgIpc) is 2.39. The van der Waals surface area contributed by atoms with Crippen LogP contribution in [0.4, 0.5) is 0 Å². The first-order chi connectivity index (χ1) is 9.47. The van der Waals surface area contributed by atoms with E-state index >= 15 is 0 Å². The molecule has 1 aromatic carbocycles. The van der Waals surface area contributed by atoms with Gasteiger partial charge in [-0.05, 0) is 17.9 Å². The summed E-state index contributed by atoms with van der Waals surface area (Å²) in [4.78, 5) is 0. The molecule has 0 spiro atoms. The number of sulfonamides is 1. The van der Waals surface area contributed by atoms with E-state index < -0.39 is 10.0 Å². The molecular formula is C15H24N2O2S. The molecule has 1 heterocycles. The molecule has 0 saturated carbocycles. The Bertz CT molecular complexity index is 514. The van der Waals surface area contributed by atoms with E-state index in [-0.39, 0.29) is 11.8 Å². The number of hydrogen-bond acceptors (Lipinski definition) is 3. The van der Waals surface area contributed by atoms with Crippen molar-refractivity contribution in [2.24, 2.45) is 5.92 Å². The Morgan fingerprint density at radius 1 is 1.30 bits per heavy atom. The van der Waals surface area contributed by atoms with Gasteiger partial charge in [-0.1, -0.05) is 44.2 Å². The first-order valence-electron chi connectivity index (χ1n) is 7.22. The lowest BCUT2D eigenvalue weighted by Gasteiger charge is -2.33. The summed E-state index contributed by atoms with van der Waals surface area (Å²) in [6.45, 7) is 6.24. The van der Waals surface area contributed by atoms with Crippen molar-refractivity contribution in [3.8, 4) is 0 Å². The van der Waals surface area contributed by atoms with Crippen molar-refractivity contribution < 1.29 is 8.42 Å². The summed E-state index contributed by atoms with van der Waals surface area (Å²) in [5.41, 5.74) is 0.853. The molecule has 5 heteroatoms. The van der Waals surface area contributed by atoms with Gasteiger partial charge in [-0.2, -0.15) is 4.31 Å². The lowest BCUT2D eigenvalue weighted by molar-refractivity contribution is 0.272. The summed E-state index contributed by atoms with van der Waals surface area (Å²) in [6, 6.07) is 9.67. The second kappa shape index (κ2) is 6.70. The molecule has 1 atom stereocenters. The van der Waals surface area contributed by atoms with Gasteiger partial charge >= 0.3 is 0 Å². The van der Waals surface area contributed by atoms with Gasteiger partial charge in [0.25, 0.3) is 0 Å². The average molecular weight is 296 g/mol. The summed E-state index contributed by atoms with van der Waals surface area (Å²) in [5, 5.41) is 3.41. The highest BCUT2D eigenvalue weighted by atomic mass is 32.2. The number of hydrogen-bond donors (Lipinski definition) is 1. The maximum atomic E-state index is 12.5. The highest BCUT2D eigenvalue weighted by Crippen LogP contribution is 2.16. The molecule has 0 bridgehead atoms. The van der Waals surface area contributed by atoms with Crippen molar-refractivity contribution in [2.45, 2.75) is 32.1 Å². The fourth-order valence-electron chi connectivity index (χ4n) is 2.65. The first-order valence-corrected chi connectivity index (χ1v) is 8.83. The summed E-state index contributed by atoms with van der Waals surface area (Å²) >= 11 is 0. The van der Waals surface area contributed by atoms with Gasteiger partial charge in [-0.3, -0.25) is 0 Å². The van der Waals surface area contributed by atoms with E-state index in [4.69, 9.17) is 0 Å². The Kier molecular flexibility index (Phi) is 5.18. The number of benzene rings is 1. The van der Waals surface area contributed by atoms with Crippen molar-refractivity contribution in [2.75, 3.05) is 19.6 Å². The maximum absolute atomic E-state index is 12.5. The number of rotatable bonds is 5. The lowest BCUT2D eigenvalue weighted by Crippen LogP contribution is -2.53. The molecule has 1 aromatic rings. The summed E-state index contributed by atoms with van der Waals surface area (Å²) in [7, 11) is -3.21. The van der Waals surface area contributed by atoms with Crippen LogP contribution in [0.3, 0.4) is 0 Å². The van der Waals surface area contributed by atoms with E-state index in [1.165, 1.54) is 0 Å². The van der Waals surface area contributed by atoms with Crippen LogP contribution >= 0.6 is 0 Å². The van der Waals surface area contributed by atoms with E-state index in [9.17, 15) is 8.42 Å². The lowest BCUT2D eigenvalue weighted by atomic mass is 10.0. The Morgan fingerprint density at radius 3 is 2.65 bits per heavy atom. The molecule has 0 aromatic heterocycles. The fourth-order valence-corrected chi connectivity index (χ4v) is 4.22. The Hall–Kier alpha value is -0.910. The maximum Gasteiger partial charge on any atom is 0.218 e. The van der Waals surface area contributed by atoms with Crippen LogP contribution in [-0.4, -0.2) is 38.4 Å². The molecule has 20 heavy (non-hydrogen) atoms. The summed E-state index contributed by atoms with van der Waals surface area (Å²) in [5.74, 6) is 0.673. The monoisotopic (exact) mass is 296 g/mol. The van der Waals surface area contributed by atoms with Crippen molar-refractivity contribution in [1.29, 1.82) is 0 Å². The SMILES string of the molecule is CC(C)CC1CN(S(=O)(=O)Cc2ccccc2)CCN1. The minimum atomic E-state index is -3.21. The fraction of sp³-hybridized carbons (Fsp3) is 0.600. The van der Waals surface area contributed by atoms with Crippen molar-refractivity contribution in [3.05, 3.63) is 35.9 Å². The van der Waals surface area contributed by atoms with Gasteiger partial charge in [0.15, 0.2) is 0 Å². The third kappa shape index (κ3) is 4.30. The number of nitrogens with one attached hydrogen (secondary N) is 1. The molecule has 0 amide bonds. The zero-order valence-electron chi connectivity index (χ0n) is 12.2. The highest BCUT2D eigenvalue weighted by Gasteiger charge is 2.28. The van der Waals surface area contributed by atoms with Gasteiger partial charge in [0.1, 0.15) is 0 Å². The molecule has 0 aliphatic carbocycles. The second-order valence-electron chi connectivity index (χ2n) is 5.88. The highest BCUT2D eigenvalue weighted by molar-refractivity contribution is 7.88. The quantitative estimate of drug-likeness (QED) is 0.902. The van der Waals surface area contributed by atoms with Gasteiger partial charge in [-0.25, -0.2) is 8.42 Å². The molecule has 112 valence electrons. The van der Waals surface area contributed by atoms with Crippen LogP contribution in [0.15, 0.2) is 30.3 Å². The molecule has 1 unspecified atom stereocenters. The van der Waals surface area contributed by atoms with Gasteiger partial charge < -0.3 is 5.32 Å². The normalized spacial score (nSPS) is 21.2. The van der Waals surface area contributed by atoms with Gasteiger partial charge in [0.2, 0.25) is 10.0 Å². The minimum Gasteiger partial charge on any atom is -0.311 e. The molecule has 4 nitrogen and oxygen atoms in total. The molecule has 2 rings (SSSR count). The smallest absolute Gasteiger partial charge is 0.218 e. The Morgan fingerprint density at radius 2 is 2.00 bits per heavy atom. The predicted octanol–water partition coefficient (Wildman–Crippen LogP) is 1.84. The topological polar surface area (TPSA) is 49.4 Å². The van der Waals surface area contributed by atoms with E-state index in [1.807, 2.05) is 30.3 Å². The molecular weight excluding hydrogens is 272 g/mol. The minimum absolute atomic E-state index is 0.0994. The van der Waals surface area contributed by atoms with E-state index in [0.29, 0.717) is 19.0 Å². The zero-order valence-corrected chi connectivity index (χ0v) is 13.1. The van der Waals surface area contributed by atoms with E-state index in [1.54, 1.807) is 4.31 Å². The van der Waals surface area contributed by atoms with Crippen molar-refractivity contribution in [1.82, 2.24) is 9.62 Å². The molecule has 1 N–H and O–H groups in total. The first kappa shape index (κ1) is 15.5. The van der Waals surface area contributed by atoms with Crippen LogP contribution in [0.25, 0.3) is 0 Å². The Balaban J connectivity index is 2.02. The van der Waals surface area contributed by atoms with Crippen LogP contribution in [0.5, 0.6) is 0 Å². The van der Waals surface area contributed by atoms with Crippen LogP contribution in [-0.2, 0) is 15.8 Å². The predicted molar refractivity (Wildman–Crippen MR) is 81.9 cm³/mol. The zero-order chi connectivity index (χ0) is 14.6. The summed E-state index contributed by atoms with van der Waals surface area (Å²) in [6.07, 6.45) is 1.01. The second-order valence-corrected chi connectivity index (χ2v) is 7.85. The van der Waals surface area contributed by atoms with Crippen molar-refractivity contribution in [3.63, 3.8) is 0 Å². The third-order valence-corrected chi connectivity index (χ3v) is 5.38. The van der Waals surface area contributed by atoms with Crippen molar-refractivity contribution >= 4 is 10.0 Å². The largest absolute Gasteiger partial charge is 0.311 e. The van der Waals surface area contributed by atoms with Gasteiger partial charge in [0.05, 0.1) is 5.75 Å².